The van der Waals surface area contributed by atoms with Gasteiger partial charge in [0.05, 0.1) is 36.7 Å². The molecule has 0 spiro atoms. The van der Waals surface area contributed by atoms with Gasteiger partial charge in [0.1, 0.15) is 11.5 Å². The number of aromatic nitrogens is 4. The quantitative estimate of drug-likeness (QED) is 0.662. The van der Waals surface area contributed by atoms with Crippen molar-refractivity contribution in [1.82, 2.24) is 24.2 Å². The molecule has 0 amide bonds. The third kappa shape index (κ3) is 3.12. The molecule has 2 aliphatic heterocycles. The van der Waals surface area contributed by atoms with Crippen molar-refractivity contribution in [2.75, 3.05) is 24.7 Å². The monoisotopic (exact) mass is 440 g/mol. The molecular formula is C21H24N6O3S. The topological polar surface area (TPSA) is 104 Å². The van der Waals surface area contributed by atoms with Crippen LogP contribution in [0.1, 0.15) is 31.0 Å². The van der Waals surface area contributed by atoms with Crippen molar-refractivity contribution < 1.29 is 13.2 Å². The number of nitrogens with one attached hydrogen (secondary N) is 1. The van der Waals surface area contributed by atoms with Crippen LogP contribution in [0, 0.1) is 0 Å². The van der Waals surface area contributed by atoms with Crippen LogP contribution in [0.15, 0.2) is 24.5 Å². The van der Waals surface area contributed by atoms with E-state index in [0.717, 1.165) is 53.1 Å². The molecular weight excluding hydrogens is 416 g/mol. The van der Waals surface area contributed by atoms with E-state index in [-0.39, 0.29) is 11.3 Å². The molecule has 10 heteroatoms. The molecule has 1 N–H and O–H groups in total. The summed E-state index contributed by atoms with van der Waals surface area (Å²) in [5, 5.41) is 0.712. The van der Waals surface area contributed by atoms with E-state index in [4.69, 9.17) is 14.7 Å². The summed E-state index contributed by atoms with van der Waals surface area (Å²) in [5.41, 5.74) is 3.36. The Morgan fingerprint density at radius 2 is 2.10 bits per heavy atom. The van der Waals surface area contributed by atoms with Gasteiger partial charge in [0.15, 0.2) is 5.82 Å². The van der Waals surface area contributed by atoms with E-state index in [1.54, 1.807) is 10.5 Å². The van der Waals surface area contributed by atoms with Gasteiger partial charge in [-0.05, 0) is 31.9 Å². The average molecular weight is 441 g/mol. The van der Waals surface area contributed by atoms with Crippen LogP contribution in [-0.4, -0.2) is 63.7 Å². The minimum atomic E-state index is -3.29. The van der Waals surface area contributed by atoms with E-state index in [0.29, 0.717) is 32.1 Å². The Morgan fingerprint density at radius 1 is 1.23 bits per heavy atom. The predicted molar refractivity (Wildman–Crippen MR) is 116 cm³/mol. The van der Waals surface area contributed by atoms with Crippen LogP contribution in [0.5, 0.6) is 0 Å². The van der Waals surface area contributed by atoms with Crippen LogP contribution in [0.25, 0.3) is 22.4 Å². The molecule has 1 saturated heterocycles. The fourth-order valence-corrected chi connectivity index (χ4v) is 6.27. The minimum Gasteiger partial charge on any atom is -0.377 e. The third-order valence-corrected chi connectivity index (χ3v) is 8.66. The van der Waals surface area contributed by atoms with Crippen molar-refractivity contribution >= 4 is 26.9 Å². The SMILES string of the molecule is C[C@@H]1COCCN1c1nc(-c2c[nH]c3ncccc23)nc2c1CN(S(=O)(=O)C1CC1)C2. The highest BCUT2D eigenvalue weighted by Gasteiger charge is 2.43. The van der Waals surface area contributed by atoms with Crippen molar-refractivity contribution in [2.45, 2.75) is 44.1 Å². The second kappa shape index (κ2) is 6.98. The molecule has 0 aromatic carbocycles. The molecule has 31 heavy (non-hydrogen) atoms. The van der Waals surface area contributed by atoms with Crippen molar-refractivity contribution in [3.63, 3.8) is 0 Å². The Morgan fingerprint density at radius 3 is 2.90 bits per heavy atom. The van der Waals surface area contributed by atoms with Crippen molar-refractivity contribution in [3.8, 4) is 11.4 Å². The number of hydrogen-bond donors (Lipinski definition) is 1. The third-order valence-electron chi connectivity index (χ3n) is 6.37. The highest BCUT2D eigenvalue weighted by Crippen LogP contribution is 2.39. The Hall–Kier alpha value is -2.56. The van der Waals surface area contributed by atoms with Gasteiger partial charge in [0.2, 0.25) is 10.0 Å². The number of hydrogen-bond acceptors (Lipinski definition) is 7. The summed E-state index contributed by atoms with van der Waals surface area (Å²) in [4.78, 5) is 19.6. The number of nitrogens with zero attached hydrogens (tertiary/aromatic N) is 5. The first-order valence-electron chi connectivity index (χ1n) is 10.7. The Labute approximate surface area is 180 Å². The number of fused-ring (bicyclic) bond motifs is 2. The van der Waals surface area contributed by atoms with Crippen LogP contribution >= 0.6 is 0 Å². The number of aromatic amines is 1. The summed E-state index contributed by atoms with van der Waals surface area (Å²) in [7, 11) is -3.29. The van der Waals surface area contributed by atoms with Gasteiger partial charge in [-0.3, -0.25) is 0 Å². The first-order valence-corrected chi connectivity index (χ1v) is 12.2. The summed E-state index contributed by atoms with van der Waals surface area (Å²) < 4.78 is 33.1. The van der Waals surface area contributed by atoms with Crippen molar-refractivity contribution in [2.24, 2.45) is 0 Å². The summed E-state index contributed by atoms with van der Waals surface area (Å²) in [6.07, 6.45) is 5.12. The molecule has 1 aliphatic carbocycles. The van der Waals surface area contributed by atoms with Gasteiger partial charge in [-0.15, -0.1) is 0 Å². The largest absolute Gasteiger partial charge is 0.377 e. The van der Waals surface area contributed by atoms with Gasteiger partial charge in [-0.25, -0.2) is 23.4 Å². The molecule has 3 aliphatic rings. The molecule has 162 valence electrons. The lowest BCUT2D eigenvalue weighted by Crippen LogP contribution is -2.44. The molecule has 2 fully saturated rings. The van der Waals surface area contributed by atoms with E-state index in [1.807, 2.05) is 18.3 Å². The fourth-order valence-electron chi connectivity index (χ4n) is 4.51. The van der Waals surface area contributed by atoms with E-state index in [2.05, 4.69) is 21.8 Å². The fraction of sp³-hybridized carbons (Fsp3) is 0.476. The summed E-state index contributed by atoms with van der Waals surface area (Å²) in [5.74, 6) is 1.42. The normalized spacial score (nSPS) is 22.2. The zero-order valence-electron chi connectivity index (χ0n) is 17.3. The summed E-state index contributed by atoms with van der Waals surface area (Å²) >= 11 is 0. The number of ether oxygens (including phenoxy) is 1. The van der Waals surface area contributed by atoms with Crippen molar-refractivity contribution in [3.05, 3.63) is 35.8 Å². The highest BCUT2D eigenvalue weighted by atomic mass is 32.2. The predicted octanol–water partition coefficient (Wildman–Crippen LogP) is 2.05. The minimum absolute atomic E-state index is 0.152. The maximum Gasteiger partial charge on any atom is 0.217 e. The molecule has 1 saturated carbocycles. The molecule has 0 bridgehead atoms. The highest BCUT2D eigenvalue weighted by molar-refractivity contribution is 7.90. The molecule has 9 nitrogen and oxygen atoms in total. The van der Waals surface area contributed by atoms with Gasteiger partial charge in [-0.1, -0.05) is 0 Å². The van der Waals surface area contributed by atoms with Gasteiger partial charge >= 0.3 is 0 Å². The lowest BCUT2D eigenvalue weighted by molar-refractivity contribution is 0.0984. The molecule has 1 atom stereocenters. The Kier molecular flexibility index (Phi) is 4.31. The van der Waals surface area contributed by atoms with Crippen molar-refractivity contribution in [1.29, 1.82) is 0 Å². The maximum atomic E-state index is 12.9. The van der Waals surface area contributed by atoms with Crippen LogP contribution < -0.4 is 4.90 Å². The molecule has 6 rings (SSSR count). The van der Waals surface area contributed by atoms with Gasteiger partial charge in [0, 0.05) is 42.0 Å². The maximum absolute atomic E-state index is 12.9. The smallest absolute Gasteiger partial charge is 0.217 e. The molecule has 3 aromatic heterocycles. The average Bonchev–Trinajstić information content (AvgIpc) is 3.41. The van der Waals surface area contributed by atoms with E-state index >= 15 is 0 Å². The number of pyridine rings is 1. The Balaban J connectivity index is 1.48. The Bertz CT molecular complexity index is 1270. The zero-order chi connectivity index (χ0) is 21.2. The van der Waals surface area contributed by atoms with E-state index in [1.165, 1.54) is 0 Å². The zero-order valence-corrected chi connectivity index (χ0v) is 18.1. The number of H-pyrrole nitrogens is 1. The van der Waals surface area contributed by atoms with Gasteiger partial charge in [0.25, 0.3) is 0 Å². The number of morpholine rings is 1. The lowest BCUT2D eigenvalue weighted by atomic mass is 10.1. The van der Waals surface area contributed by atoms with Crippen LogP contribution in [0.4, 0.5) is 5.82 Å². The van der Waals surface area contributed by atoms with Crippen LogP contribution in [0.3, 0.4) is 0 Å². The molecule has 0 radical (unpaired) electrons. The van der Waals surface area contributed by atoms with Gasteiger partial charge < -0.3 is 14.6 Å². The number of rotatable bonds is 4. The summed E-state index contributed by atoms with van der Waals surface area (Å²) in [6.45, 7) is 4.71. The summed E-state index contributed by atoms with van der Waals surface area (Å²) in [6, 6.07) is 4.03. The van der Waals surface area contributed by atoms with Crippen LogP contribution in [-0.2, 0) is 27.8 Å². The second-order valence-corrected chi connectivity index (χ2v) is 10.7. The molecule has 5 heterocycles. The first-order chi connectivity index (χ1) is 15.0. The standard InChI is InChI=1S/C21H24N6O3S/c1-13-12-30-8-7-27(13)21-17-10-26(31(28,29)14-4-5-14)11-18(17)24-20(25-21)16-9-23-19-15(16)3-2-6-22-19/h2-3,6,9,13-14H,4-5,7-8,10-12H2,1H3,(H,22,23)/t13-/m1/s1. The molecule has 3 aromatic rings. The molecule has 0 unspecified atom stereocenters. The number of sulfonamides is 1. The number of anilines is 1. The first kappa shape index (κ1) is 19.1. The van der Waals surface area contributed by atoms with E-state index in [9.17, 15) is 8.42 Å². The van der Waals surface area contributed by atoms with Crippen LogP contribution in [0.2, 0.25) is 0 Å². The van der Waals surface area contributed by atoms with Gasteiger partial charge in [-0.2, -0.15) is 4.31 Å². The second-order valence-electron chi connectivity index (χ2n) is 8.53. The lowest BCUT2D eigenvalue weighted by Gasteiger charge is -2.35. The van der Waals surface area contributed by atoms with E-state index < -0.39 is 10.0 Å².